The molecule has 0 saturated heterocycles. The van der Waals surface area contributed by atoms with E-state index in [4.69, 9.17) is 9.84 Å². The molecule has 0 aliphatic carbocycles. The minimum absolute atomic E-state index is 0.0814. The highest BCUT2D eigenvalue weighted by Crippen LogP contribution is 2.46. The first kappa shape index (κ1) is 26.0. The molecule has 0 fully saturated rings. The molecular formula is C27H20F2N2O4S3. The second-order valence-corrected chi connectivity index (χ2v) is 11.4. The smallest absolute Gasteiger partial charge is 0.412 e. The number of carboxylic acid groups (broad SMARTS) is 1. The van der Waals surface area contributed by atoms with E-state index in [9.17, 15) is 18.4 Å². The van der Waals surface area contributed by atoms with Gasteiger partial charge in [-0.2, -0.15) is 4.37 Å². The summed E-state index contributed by atoms with van der Waals surface area (Å²) in [4.78, 5) is 25.7. The van der Waals surface area contributed by atoms with Crippen LogP contribution in [0.15, 0.2) is 54.6 Å². The molecule has 2 aromatic carbocycles. The van der Waals surface area contributed by atoms with E-state index in [0.29, 0.717) is 16.3 Å². The van der Waals surface area contributed by atoms with Crippen molar-refractivity contribution in [1.82, 2.24) is 4.37 Å². The van der Waals surface area contributed by atoms with E-state index in [1.165, 1.54) is 46.3 Å². The van der Waals surface area contributed by atoms with Gasteiger partial charge in [0.05, 0.1) is 27.6 Å². The number of fused-ring (bicyclic) bond motifs is 1. The van der Waals surface area contributed by atoms with Crippen LogP contribution in [0.5, 0.6) is 0 Å². The number of hydrogen-bond donors (Lipinski definition) is 2. The topological polar surface area (TPSA) is 88.5 Å². The number of hydrogen-bond acceptors (Lipinski definition) is 7. The van der Waals surface area contributed by atoms with Crippen LogP contribution in [0.3, 0.4) is 0 Å². The summed E-state index contributed by atoms with van der Waals surface area (Å²) in [5.74, 6) is -3.44. The van der Waals surface area contributed by atoms with Gasteiger partial charge in [-0.15, -0.1) is 22.7 Å². The number of aromatic nitrogens is 1. The second kappa shape index (κ2) is 10.6. The van der Waals surface area contributed by atoms with Crippen molar-refractivity contribution >= 4 is 61.4 Å². The van der Waals surface area contributed by atoms with Crippen LogP contribution in [-0.4, -0.2) is 21.5 Å². The number of carboxylic acids is 1. The third-order valence-electron chi connectivity index (χ3n) is 5.84. The van der Waals surface area contributed by atoms with Crippen molar-refractivity contribution < 1.29 is 28.2 Å². The third kappa shape index (κ3) is 5.17. The number of rotatable bonds is 7. The Kier molecular flexibility index (Phi) is 7.24. The van der Waals surface area contributed by atoms with E-state index < -0.39 is 36.2 Å². The number of benzene rings is 2. The van der Waals surface area contributed by atoms with Crippen molar-refractivity contribution in [2.45, 2.75) is 26.4 Å². The first-order valence-electron chi connectivity index (χ1n) is 11.4. The minimum Gasteiger partial charge on any atom is -0.481 e. The lowest BCUT2D eigenvalue weighted by molar-refractivity contribution is -0.136. The maximum absolute atomic E-state index is 14.7. The Bertz CT molecular complexity index is 1630. The molecule has 1 atom stereocenters. The fraction of sp³-hybridized carbons (Fsp3) is 0.148. The number of amides is 1. The number of ether oxygens (including phenoxy) is 1. The Morgan fingerprint density at radius 1 is 1.03 bits per heavy atom. The van der Waals surface area contributed by atoms with Crippen molar-refractivity contribution in [3.63, 3.8) is 0 Å². The van der Waals surface area contributed by atoms with Gasteiger partial charge < -0.3 is 9.84 Å². The first-order valence-corrected chi connectivity index (χ1v) is 13.8. The van der Waals surface area contributed by atoms with Gasteiger partial charge in [-0.05, 0) is 43.1 Å². The summed E-state index contributed by atoms with van der Waals surface area (Å²) in [6, 6.07) is 15.8. The molecule has 0 saturated carbocycles. The molecule has 0 spiro atoms. The zero-order valence-electron chi connectivity index (χ0n) is 20.1. The number of nitrogens with one attached hydrogen (secondary N) is 1. The maximum Gasteiger partial charge on any atom is 0.412 e. The molecule has 3 aromatic heterocycles. The summed E-state index contributed by atoms with van der Waals surface area (Å²) in [7, 11) is 0. The molecule has 3 heterocycles. The maximum atomic E-state index is 14.7. The number of aryl methyl sites for hydroxylation is 1. The number of anilines is 1. The molecular weight excluding hydrogens is 551 g/mol. The molecule has 38 heavy (non-hydrogen) atoms. The monoisotopic (exact) mass is 570 g/mol. The van der Waals surface area contributed by atoms with Crippen molar-refractivity contribution in [2.24, 2.45) is 0 Å². The fourth-order valence-corrected chi connectivity index (χ4v) is 7.29. The van der Waals surface area contributed by atoms with E-state index in [1.54, 1.807) is 19.9 Å². The van der Waals surface area contributed by atoms with Crippen LogP contribution >= 0.6 is 34.2 Å². The van der Waals surface area contributed by atoms with E-state index in [2.05, 4.69) is 9.69 Å². The van der Waals surface area contributed by atoms with Crippen molar-refractivity contribution in [3.8, 4) is 20.2 Å². The second-order valence-electron chi connectivity index (χ2n) is 8.48. The van der Waals surface area contributed by atoms with Crippen LogP contribution in [-0.2, 0) is 16.0 Å². The van der Waals surface area contributed by atoms with Gasteiger partial charge in [0.1, 0.15) is 6.10 Å². The number of carbonyl (C=O) groups excluding carboxylic acids is 1. The number of halogens is 2. The third-order valence-corrected chi connectivity index (χ3v) is 9.29. The molecule has 5 aromatic rings. The fourth-order valence-electron chi connectivity index (χ4n) is 3.93. The van der Waals surface area contributed by atoms with Crippen molar-refractivity contribution in [2.75, 3.05) is 5.32 Å². The van der Waals surface area contributed by atoms with Gasteiger partial charge in [0.25, 0.3) is 0 Å². The average molecular weight is 571 g/mol. The summed E-state index contributed by atoms with van der Waals surface area (Å²) in [5.41, 5.74) is 1.99. The average Bonchev–Trinajstić information content (AvgIpc) is 3.56. The Morgan fingerprint density at radius 2 is 1.71 bits per heavy atom. The molecule has 194 valence electrons. The summed E-state index contributed by atoms with van der Waals surface area (Å²) in [5, 5.41) is 11.7. The van der Waals surface area contributed by atoms with Gasteiger partial charge >= 0.3 is 12.1 Å². The van der Waals surface area contributed by atoms with Crippen LogP contribution < -0.4 is 5.32 Å². The minimum atomic E-state index is -1.23. The number of nitrogens with zero attached hydrogens (tertiary/aromatic N) is 1. The zero-order chi connectivity index (χ0) is 27.0. The predicted octanol–water partition coefficient (Wildman–Crippen LogP) is 8.28. The quantitative estimate of drug-likeness (QED) is 0.206. The lowest BCUT2D eigenvalue weighted by Gasteiger charge is -2.14. The Hall–Kier alpha value is -3.67. The zero-order valence-corrected chi connectivity index (χ0v) is 22.5. The van der Waals surface area contributed by atoms with Gasteiger partial charge in [0.2, 0.25) is 0 Å². The van der Waals surface area contributed by atoms with Crippen molar-refractivity contribution in [1.29, 1.82) is 0 Å². The molecule has 1 unspecified atom stereocenters. The Morgan fingerprint density at radius 3 is 2.42 bits per heavy atom. The van der Waals surface area contributed by atoms with Crippen LogP contribution in [0.25, 0.3) is 29.6 Å². The molecule has 0 aliphatic rings. The highest BCUT2D eigenvalue weighted by molar-refractivity contribution is 7.32. The first-order chi connectivity index (χ1) is 18.2. The van der Waals surface area contributed by atoms with Gasteiger partial charge in [-0.3, -0.25) is 10.1 Å². The van der Waals surface area contributed by atoms with E-state index in [0.717, 1.165) is 24.7 Å². The lowest BCUT2D eigenvalue weighted by Crippen LogP contribution is -2.16. The summed E-state index contributed by atoms with van der Waals surface area (Å²) in [6.45, 7) is 3.60. The normalized spacial score (nSPS) is 12.0. The standard InChI is InChI=1S/C27H20F2N2O4S3/c1-13-25(30-27(34)35-14(2)15-6-4-3-5-7-15)26(38-31-13)21-12-20-19(37-21)11-18(36-20)17-9-8-16(10-22(32)33)23(28)24(17)29/h3-9,11-12,14H,10H2,1-2H3,(H,30,34)(H,32,33). The molecule has 11 heteroatoms. The Labute approximate surface area is 228 Å². The summed E-state index contributed by atoms with van der Waals surface area (Å²) in [6.07, 6.45) is -1.61. The molecule has 0 bridgehead atoms. The van der Waals surface area contributed by atoms with Gasteiger partial charge in [0.15, 0.2) is 11.6 Å². The van der Waals surface area contributed by atoms with Crippen LogP contribution in [0, 0.1) is 18.6 Å². The molecule has 2 N–H and O–H groups in total. The van der Waals surface area contributed by atoms with Crippen LogP contribution in [0.1, 0.15) is 29.8 Å². The molecule has 0 aliphatic heterocycles. The lowest BCUT2D eigenvalue weighted by atomic mass is 10.1. The highest BCUT2D eigenvalue weighted by atomic mass is 32.1. The summed E-state index contributed by atoms with van der Waals surface area (Å²) >= 11 is 4.00. The van der Waals surface area contributed by atoms with E-state index in [1.807, 2.05) is 36.4 Å². The number of thiophene rings is 2. The van der Waals surface area contributed by atoms with E-state index >= 15 is 0 Å². The predicted molar refractivity (Wildman–Crippen MR) is 147 cm³/mol. The largest absolute Gasteiger partial charge is 0.481 e. The van der Waals surface area contributed by atoms with Gasteiger partial charge in [-0.1, -0.05) is 42.5 Å². The molecule has 1 amide bonds. The Balaban J connectivity index is 1.38. The van der Waals surface area contributed by atoms with Crippen molar-refractivity contribution in [3.05, 3.63) is 83.1 Å². The van der Waals surface area contributed by atoms with Crippen LogP contribution in [0.2, 0.25) is 0 Å². The summed E-state index contributed by atoms with van der Waals surface area (Å²) < 4.78 is 40.8. The number of carbonyl (C=O) groups is 2. The van der Waals surface area contributed by atoms with Gasteiger partial charge in [-0.25, -0.2) is 13.6 Å². The molecule has 0 radical (unpaired) electrons. The number of aliphatic carboxylic acids is 1. The van der Waals surface area contributed by atoms with Crippen LogP contribution in [0.4, 0.5) is 19.3 Å². The highest BCUT2D eigenvalue weighted by Gasteiger charge is 2.22. The van der Waals surface area contributed by atoms with E-state index in [-0.39, 0.29) is 11.1 Å². The molecule has 5 rings (SSSR count). The molecule has 6 nitrogen and oxygen atoms in total. The van der Waals surface area contributed by atoms with Gasteiger partial charge in [0, 0.05) is 25.4 Å². The SMILES string of the molecule is Cc1nsc(-c2cc3sc(-c4ccc(CC(=O)O)c(F)c4F)cc3s2)c1NC(=O)OC(C)c1ccccc1.